The van der Waals surface area contributed by atoms with Gasteiger partial charge in [-0.2, -0.15) is 0 Å². The van der Waals surface area contributed by atoms with E-state index < -0.39 is 0 Å². The van der Waals surface area contributed by atoms with Gasteiger partial charge in [0.2, 0.25) is 0 Å². The van der Waals surface area contributed by atoms with Crippen molar-refractivity contribution in [3.05, 3.63) is 18.2 Å². The van der Waals surface area contributed by atoms with Crippen LogP contribution in [-0.2, 0) is 6.42 Å². The summed E-state index contributed by atoms with van der Waals surface area (Å²) in [6.07, 6.45) is 12.5. The molecule has 2 N–H and O–H groups in total. The number of hydrogen-bond donors (Lipinski definition) is 2. The molecule has 4 aliphatic rings. The Kier molecular flexibility index (Phi) is 2.91. The van der Waals surface area contributed by atoms with Gasteiger partial charge >= 0.3 is 0 Å². The fraction of sp³-hybridized carbons (Fsp3) is 0.812. The first-order valence-electron chi connectivity index (χ1n) is 7.99. The molecule has 3 heteroatoms. The zero-order chi connectivity index (χ0) is 12.8. The number of nitrogens with zero attached hydrogens (tertiary/aromatic N) is 1. The molecule has 4 bridgehead atoms. The lowest BCUT2D eigenvalue weighted by Crippen LogP contribution is -2.53. The first kappa shape index (κ1) is 12.0. The van der Waals surface area contributed by atoms with Crippen molar-refractivity contribution in [2.45, 2.75) is 44.6 Å². The fourth-order valence-corrected chi connectivity index (χ4v) is 5.67. The lowest BCUT2D eigenvalue weighted by Gasteiger charge is -2.56. The minimum Gasteiger partial charge on any atom is -0.349 e. The van der Waals surface area contributed by atoms with E-state index in [2.05, 4.69) is 22.3 Å². The van der Waals surface area contributed by atoms with E-state index in [0.29, 0.717) is 6.04 Å². The molecule has 1 heterocycles. The highest BCUT2D eigenvalue weighted by molar-refractivity contribution is 5.03. The van der Waals surface area contributed by atoms with Crippen LogP contribution < -0.4 is 5.32 Å². The number of hydrogen-bond acceptors (Lipinski definition) is 2. The average molecular weight is 259 g/mol. The maximum absolute atomic E-state index is 4.42. The third-order valence-corrected chi connectivity index (χ3v) is 6.10. The molecule has 0 amide bonds. The second kappa shape index (κ2) is 4.62. The summed E-state index contributed by atoms with van der Waals surface area (Å²) in [7, 11) is 2.14. The Hall–Kier alpha value is -0.830. The second-order valence-corrected chi connectivity index (χ2v) is 7.14. The first-order chi connectivity index (χ1) is 9.33. The Morgan fingerprint density at radius 2 is 1.89 bits per heavy atom. The van der Waals surface area contributed by atoms with Gasteiger partial charge in [-0.15, -0.1) is 0 Å². The molecule has 1 aromatic heterocycles. The molecule has 0 aromatic carbocycles. The molecule has 3 nitrogen and oxygen atoms in total. The molecule has 0 aliphatic heterocycles. The lowest BCUT2D eigenvalue weighted by molar-refractivity contribution is -0.0509. The number of imidazole rings is 1. The fourth-order valence-electron chi connectivity index (χ4n) is 5.67. The van der Waals surface area contributed by atoms with Crippen molar-refractivity contribution in [3.63, 3.8) is 0 Å². The normalized spacial score (nSPS) is 41.6. The number of H-pyrrole nitrogens is 1. The monoisotopic (exact) mass is 259 g/mol. The van der Waals surface area contributed by atoms with E-state index in [1.165, 1.54) is 25.7 Å². The largest absolute Gasteiger partial charge is 0.349 e. The summed E-state index contributed by atoms with van der Waals surface area (Å²) < 4.78 is 0. The van der Waals surface area contributed by atoms with Gasteiger partial charge in [0, 0.05) is 24.9 Å². The summed E-state index contributed by atoms with van der Waals surface area (Å²) in [4.78, 5) is 7.69. The van der Waals surface area contributed by atoms with E-state index in [1.807, 2.05) is 12.4 Å². The van der Waals surface area contributed by atoms with E-state index in [-0.39, 0.29) is 0 Å². The van der Waals surface area contributed by atoms with Gasteiger partial charge in [-0.3, -0.25) is 0 Å². The van der Waals surface area contributed by atoms with Crippen LogP contribution in [0.15, 0.2) is 12.4 Å². The topological polar surface area (TPSA) is 40.7 Å². The smallest absolute Gasteiger partial charge is 0.107 e. The SMILES string of the molecule is CNC(Cc1ncc[nH]1)C1C2CC3CC(C2)CC1C3. The molecule has 5 rings (SSSR count). The minimum absolute atomic E-state index is 0.612. The van der Waals surface area contributed by atoms with Gasteiger partial charge in [0.25, 0.3) is 0 Å². The van der Waals surface area contributed by atoms with Crippen LogP contribution in [0.4, 0.5) is 0 Å². The molecule has 1 atom stereocenters. The van der Waals surface area contributed by atoms with Crippen molar-refractivity contribution in [3.8, 4) is 0 Å². The van der Waals surface area contributed by atoms with Crippen LogP contribution >= 0.6 is 0 Å². The number of aromatic amines is 1. The number of aromatic nitrogens is 2. The predicted molar refractivity (Wildman–Crippen MR) is 75.7 cm³/mol. The summed E-state index contributed by atoms with van der Waals surface area (Å²) in [5.41, 5.74) is 0. The molecular weight excluding hydrogens is 234 g/mol. The van der Waals surface area contributed by atoms with E-state index >= 15 is 0 Å². The van der Waals surface area contributed by atoms with Crippen molar-refractivity contribution in [2.24, 2.45) is 29.6 Å². The van der Waals surface area contributed by atoms with Crippen molar-refractivity contribution in [2.75, 3.05) is 7.05 Å². The molecular formula is C16H25N3. The van der Waals surface area contributed by atoms with Crippen LogP contribution in [0.5, 0.6) is 0 Å². The summed E-state index contributed by atoms with van der Waals surface area (Å²) in [6.45, 7) is 0. The van der Waals surface area contributed by atoms with Gasteiger partial charge in [-0.25, -0.2) is 4.98 Å². The second-order valence-electron chi connectivity index (χ2n) is 7.14. The van der Waals surface area contributed by atoms with E-state index in [1.54, 1.807) is 6.42 Å². The molecule has 1 unspecified atom stereocenters. The maximum atomic E-state index is 4.42. The molecule has 19 heavy (non-hydrogen) atoms. The average Bonchev–Trinajstić information content (AvgIpc) is 2.89. The summed E-state index contributed by atoms with van der Waals surface area (Å²) in [5, 5.41) is 3.61. The van der Waals surface area contributed by atoms with Crippen molar-refractivity contribution < 1.29 is 0 Å². The van der Waals surface area contributed by atoms with Gasteiger partial charge in [0.15, 0.2) is 0 Å². The molecule has 4 fully saturated rings. The number of likely N-dealkylation sites (N-methyl/N-ethyl adjacent to an activating group) is 1. The van der Waals surface area contributed by atoms with Crippen LogP contribution in [0.1, 0.15) is 37.9 Å². The highest BCUT2D eigenvalue weighted by Gasteiger charge is 2.50. The molecule has 0 radical (unpaired) electrons. The van der Waals surface area contributed by atoms with Gasteiger partial charge in [-0.1, -0.05) is 0 Å². The molecule has 0 saturated heterocycles. The molecule has 1 aromatic rings. The highest BCUT2D eigenvalue weighted by atomic mass is 14.9. The zero-order valence-electron chi connectivity index (χ0n) is 11.8. The van der Waals surface area contributed by atoms with Gasteiger partial charge in [0.1, 0.15) is 5.82 Å². The van der Waals surface area contributed by atoms with Gasteiger partial charge < -0.3 is 10.3 Å². The quantitative estimate of drug-likeness (QED) is 0.872. The summed E-state index contributed by atoms with van der Waals surface area (Å²) in [6, 6.07) is 0.612. The Morgan fingerprint density at radius 3 is 2.42 bits per heavy atom. The van der Waals surface area contributed by atoms with Gasteiger partial charge in [-0.05, 0) is 68.7 Å². The Labute approximate surface area is 115 Å². The van der Waals surface area contributed by atoms with Crippen molar-refractivity contribution in [1.29, 1.82) is 0 Å². The first-order valence-corrected chi connectivity index (χ1v) is 7.99. The summed E-state index contributed by atoms with van der Waals surface area (Å²) >= 11 is 0. The Bertz CT molecular complexity index is 397. The molecule has 4 saturated carbocycles. The van der Waals surface area contributed by atoms with Crippen LogP contribution in [0.25, 0.3) is 0 Å². The van der Waals surface area contributed by atoms with E-state index in [0.717, 1.165) is 41.8 Å². The highest BCUT2D eigenvalue weighted by Crippen LogP contribution is 2.57. The predicted octanol–water partition coefficient (Wildman–Crippen LogP) is 2.61. The van der Waals surface area contributed by atoms with Crippen molar-refractivity contribution in [1.82, 2.24) is 15.3 Å². The lowest BCUT2D eigenvalue weighted by atomic mass is 9.50. The maximum Gasteiger partial charge on any atom is 0.107 e. The summed E-state index contributed by atoms with van der Waals surface area (Å²) in [5.74, 6) is 6.16. The zero-order valence-corrected chi connectivity index (χ0v) is 11.8. The minimum atomic E-state index is 0.612. The standard InChI is InChI=1S/C16H25N3/c1-17-14(9-15-18-2-3-19-15)16-12-5-10-4-11(7-12)8-13(16)6-10/h2-3,10-14,16-17H,4-9H2,1H3,(H,18,19). The van der Waals surface area contributed by atoms with E-state index in [9.17, 15) is 0 Å². The third-order valence-electron chi connectivity index (χ3n) is 6.10. The van der Waals surface area contributed by atoms with Crippen LogP contribution in [0.2, 0.25) is 0 Å². The third kappa shape index (κ3) is 2.03. The Balaban J connectivity index is 1.53. The van der Waals surface area contributed by atoms with Crippen LogP contribution in [0, 0.1) is 29.6 Å². The molecule has 0 spiro atoms. The Morgan fingerprint density at radius 1 is 1.21 bits per heavy atom. The number of nitrogens with one attached hydrogen (secondary N) is 2. The molecule has 104 valence electrons. The number of rotatable bonds is 4. The van der Waals surface area contributed by atoms with Crippen LogP contribution in [0.3, 0.4) is 0 Å². The van der Waals surface area contributed by atoms with E-state index in [4.69, 9.17) is 0 Å². The van der Waals surface area contributed by atoms with Crippen LogP contribution in [-0.4, -0.2) is 23.1 Å². The molecule has 4 aliphatic carbocycles. The van der Waals surface area contributed by atoms with Crippen molar-refractivity contribution >= 4 is 0 Å². The van der Waals surface area contributed by atoms with Gasteiger partial charge in [0.05, 0.1) is 0 Å².